The number of carbonyl (C=O) groups excluding carboxylic acids is 3. The van der Waals surface area contributed by atoms with Crippen LogP contribution < -0.4 is 0 Å². The molecular formula is C23H21N3O5. The number of ether oxygens (including phenoxy) is 2. The third kappa shape index (κ3) is 3.68. The topological polar surface area (TPSA) is 103 Å². The van der Waals surface area contributed by atoms with E-state index in [1.165, 1.54) is 11.7 Å². The van der Waals surface area contributed by atoms with Gasteiger partial charge < -0.3 is 9.47 Å². The van der Waals surface area contributed by atoms with Crippen LogP contribution >= 0.6 is 0 Å². The maximum absolute atomic E-state index is 13.1. The molecular weight excluding hydrogens is 398 g/mol. The number of carbonyl (C=O) groups is 3. The number of aromatic amines is 1. The second-order valence-electron chi connectivity index (χ2n) is 8.11. The highest BCUT2D eigenvalue weighted by atomic mass is 16.6. The van der Waals surface area contributed by atoms with Gasteiger partial charge in [-0.15, -0.1) is 0 Å². The van der Waals surface area contributed by atoms with Crippen molar-refractivity contribution in [3.8, 4) is 11.4 Å². The monoisotopic (exact) mass is 419 g/mol. The SMILES string of the molecule is COC(=O)c1ccc2c(-c3cc4cc(C=O)ccc4n3C(=O)OC(C)(C)C)n[nH]c2c1. The highest BCUT2D eigenvalue weighted by molar-refractivity contribution is 6.03. The van der Waals surface area contributed by atoms with E-state index in [-0.39, 0.29) is 0 Å². The van der Waals surface area contributed by atoms with Crippen molar-refractivity contribution < 1.29 is 23.9 Å². The van der Waals surface area contributed by atoms with Crippen molar-refractivity contribution in [2.75, 3.05) is 7.11 Å². The first-order valence-electron chi connectivity index (χ1n) is 9.62. The number of esters is 1. The van der Waals surface area contributed by atoms with Crippen LogP contribution in [0.4, 0.5) is 4.79 Å². The Balaban J connectivity index is 1.94. The number of nitrogens with zero attached hydrogens (tertiary/aromatic N) is 2. The summed E-state index contributed by atoms with van der Waals surface area (Å²) < 4.78 is 11.8. The largest absolute Gasteiger partial charge is 0.465 e. The second-order valence-corrected chi connectivity index (χ2v) is 8.11. The van der Waals surface area contributed by atoms with Crippen LogP contribution in [0.2, 0.25) is 0 Å². The molecule has 0 atom stereocenters. The Hall–Kier alpha value is -3.94. The molecule has 2 aromatic heterocycles. The summed E-state index contributed by atoms with van der Waals surface area (Å²) in [6.07, 6.45) is 0.195. The predicted molar refractivity (Wildman–Crippen MR) is 115 cm³/mol. The third-order valence-corrected chi connectivity index (χ3v) is 4.76. The molecule has 4 rings (SSSR count). The average molecular weight is 419 g/mol. The number of rotatable bonds is 3. The molecule has 8 heteroatoms. The van der Waals surface area contributed by atoms with Crippen molar-refractivity contribution in [2.24, 2.45) is 0 Å². The minimum Gasteiger partial charge on any atom is -0.465 e. The molecule has 0 fully saturated rings. The van der Waals surface area contributed by atoms with Gasteiger partial charge in [-0.05, 0) is 63.2 Å². The van der Waals surface area contributed by atoms with E-state index in [0.717, 1.165) is 11.7 Å². The van der Waals surface area contributed by atoms with Gasteiger partial charge in [0.2, 0.25) is 0 Å². The Bertz CT molecular complexity index is 1340. The zero-order valence-corrected chi connectivity index (χ0v) is 17.6. The molecule has 0 aliphatic heterocycles. The van der Waals surface area contributed by atoms with E-state index in [4.69, 9.17) is 9.47 Å². The Morgan fingerprint density at radius 3 is 2.55 bits per heavy atom. The van der Waals surface area contributed by atoms with Crippen LogP contribution in [0.3, 0.4) is 0 Å². The summed E-state index contributed by atoms with van der Waals surface area (Å²) in [5.74, 6) is -0.456. The van der Waals surface area contributed by atoms with Crippen molar-refractivity contribution in [3.05, 3.63) is 53.6 Å². The first kappa shape index (κ1) is 20.3. The number of fused-ring (bicyclic) bond motifs is 2. The summed E-state index contributed by atoms with van der Waals surface area (Å²) in [7, 11) is 1.32. The first-order valence-corrected chi connectivity index (χ1v) is 9.62. The molecule has 0 unspecified atom stereocenters. The van der Waals surface area contributed by atoms with Gasteiger partial charge in [0.1, 0.15) is 17.6 Å². The lowest BCUT2D eigenvalue weighted by Crippen LogP contribution is -2.27. The number of H-pyrrole nitrogens is 1. The van der Waals surface area contributed by atoms with Crippen molar-refractivity contribution in [1.29, 1.82) is 0 Å². The van der Waals surface area contributed by atoms with Gasteiger partial charge in [0.25, 0.3) is 0 Å². The zero-order valence-electron chi connectivity index (χ0n) is 17.6. The van der Waals surface area contributed by atoms with Gasteiger partial charge in [0, 0.05) is 16.3 Å². The molecule has 2 aromatic carbocycles. The number of hydrogen-bond donors (Lipinski definition) is 1. The molecule has 0 saturated heterocycles. The number of hydrogen-bond acceptors (Lipinski definition) is 6. The normalized spacial score (nSPS) is 11.6. The molecule has 4 aromatic rings. The second kappa shape index (κ2) is 7.39. The van der Waals surface area contributed by atoms with Crippen LogP contribution in [0.25, 0.3) is 33.2 Å². The fourth-order valence-corrected chi connectivity index (χ4v) is 3.45. The highest BCUT2D eigenvalue weighted by Gasteiger charge is 2.25. The van der Waals surface area contributed by atoms with Crippen LogP contribution in [0.15, 0.2) is 42.5 Å². The fraction of sp³-hybridized carbons (Fsp3) is 0.217. The lowest BCUT2D eigenvalue weighted by Gasteiger charge is -2.20. The Kier molecular flexibility index (Phi) is 4.85. The molecule has 31 heavy (non-hydrogen) atoms. The maximum atomic E-state index is 13.1. The third-order valence-electron chi connectivity index (χ3n) is 4.76. The Labute approximate surface area is 177 Å². The number of methoxy groups -OCH3 is 1. The molecule has 1 N–H and O–H groups in total. The standard InChI is InChI=1S/C23H21N3O5/c1-23(2,3)31-22(29)26-18-8-5-13(12-27)9-15(18)11-19(26)20-16-7-6-14(21(28)30-4)10-17(16)24-25-20/h5-12H,1-4H3,(H,24,25). The minimum atomic E-state index is -0.698. The van der Waals surface area contributed by atoms with Gasteiger partial charge >= 0.3 is 12.1 Å². The van der Waals surface area contributed by atoms with Crippen molar-refractivity contribution in [2.45, 2.75) is 26.4 Å². The van der Waals surface area contributed by atoms with Crippen LogP contribution in [-0.2, 0) is 9.47 Å². The van der Waals surface area contributed by atoms with Gasteiger partial charge in [-0.25, -0.2) is 14.2 Å². The van der Waals surface area contributed by atoms with Gasteiger partial charge in [0.15, 0.2) is 0 Å². The van der Waals surface area contributed by atoms with Crippen LogP contribution in [-0.4, -0.2) is 45.8 Å². The molecule has 2 heterocycles. The number of aldehydes is 1. The van der Waals surface area contributed by atoms with Crippen molar-refractivity contribution >= 4 is 40.2 Å². The van der Waals surface area contributed by atoms with E-state index < -0.39 is 17.7 Å². The van der Waals surface area contributed by atoms with Gasteiger partial charge in [0.05, 0.1) is 29.4 Å². The Morgan fingerprint density at radius 1 is 1.10 bits per heavy atom. The van der Waals surface area contributed by atoms with Gasteiger partial charge in [-0.2, -0.15) is 5.10 Å². The van der Waals surface area contributed by atoms with Gasteiger partial charge in [-0.3, -0.25) is 9.89 Å². The molecule has 158 valence electrons. The lowest BCUT2D eigenvalue weighted by atomic mass is 10.1. The number of benzene rings is 2. The molecule has 0 aliphatic rings. The molecule has 0 radical (unpaired) electrons. The van der Waals surface area contributed by atoms with Crippen LogP contribution in [0.5, 0.6) is 0 Å². The van der Waals surface area contributed by atoms with E-state index in [0.29, 0.717) is 38.9 Å². The highest BCUT2D eigenvalue weighted by Crippen LogP contribution is 2.33. The summed E-state index contributed by atoms with van der Waals surface area (Å²) in [4.78, 5) is 36.2. The summed E-state index contributed by atoms with van der Waals surface area (Å²) in [5, 5.41) is 8.72. The maximum Gasteiger partial charge on any atom is 0.419 e. The molecule has 8 nitrogen and oxygen atoms in total. The van der Waals surface area contributed by atoms with E-state index >= 15 is 0 Å². The van der Waals surface area contributed by atoms with Gasteiger partial charge in [-0.1, -0.05) is 0 Å². The van der Waals surface area contributed by atoms with E-state index in [9.17, 15) is 14.4 Å². The molecule has 0 spiro atoms. The van der Waals surface area contributed by atoms with E-state index in [2.05, 4.69) is 10.2 Å². The smallest absolute Gasteiger partial charge is 0.419 e. The lowest BCUT2D eigenvalue weighted by molar-refractivity contribution is 0.0545. The summed E-state index contributed by atoms with van der Waals surface area (Å²) in [6.45, 7) is 5.37. The average Bonchev–Trinajstić information content (AvgIpc) is 3.31. The first-order chi connectivity index (χ1) is 14.7. The minimum absolute atomic E-state index is 0.383. The van der Waals surface area contributed by atoms with Crippen molar-refractivity contribution in [3.63, 3.8) is 0 Å². The van der Waals surface area contributed by atoms with E-state index in [1.54, 1.807) is 63.2 Å². The summed E-state index contributed by atoms with van der Waals surface area (Å²) >= 11 is 0. The number of nitrogens with one attached hydrogen (secondary N) is 1. The fourth-order valence-electron chi connectivity index (χ4n) is 3.45. The zero-order chi connectivity index (χ0) is 22.3. The molecule has 0 amide bonds. The molecule has 0 bridgehead atoms. The van der Waals surface area contributed by atoms with E-state index in [1.807, 2.05) is 0 Å². The van der Waals surface area contributed by atoms with Crippen LogP contribution in [0.1, 0.15) is 41.5 Å². The Morgan fingerprint density at radius 2 is 1.87 bits per heavy atom. The predicted octanol–water partition coefficient (Wildman–Crippen LogP) is 4.57. The molecule has 0 saturated carbocycles. The quantitative estimate of drug-likeness (QED) is 0.385. The van der Waals surface area contributed by atoms with Crippen LogP contribution in [0, 0.1) is 0 Å². The number of aromatic nitrogens is 3. The summed E-state index contributed by atoms with van der Waals surface area (Å²) in [6, 6.07) is 11.9. The van der Waals surface area contributed by atoms with Crippen molar-refractivity contribution in [1.82, 2.24) is 14.8 Å². The molecule has 0 aliphatic carbocycles. The summed E-state index contributed by atoms with van der Waals surface area (Å²) in [5.41, 5.74) is 2.41.